The van der Waals surface area contributed by atoms with E-state index in [-0.39, 0.29) is 10.9 Å². The van der Waals surface area contributed by atoms with Crippen LogP contribution in [0.4, 0.5) is 5.69 Å². The van der Waals surface area contributed by atoms with Gasteiger partial charge in [-0.25, -0.2) is 4.98 Å². The van der Waals surface area contributed by atoms with E-state index >= 15 is 0 Å². The monoisotopic (exact) mass is 286 g/mol. The summed E-state index contributed by atoms with van der Waals surface area (Å²) in [6.45, 7) is 0. The molecule has 0 radical (unpaired) electrons. The Morgan fingerprint density at radius 1 is 1.35 bits per heavy atom. The summed E-state index contributed by atoms with van der Waals surface area (Å²) >= 11 is 4.74. The van der Waals surface area contributed by atoms with Crippen molar-refractivity contribution in [3.05, 3.63) is 36.5 Å². The third-order valence-electron chi connectivity index (χ3n) is 2.66. The van der Waals surface area contributed by atoms with Gasteiger partial charge in [0, 0.05) is 18.0 Å². The third-order valence-corrected chi connectivity index (χ3v) is 2.76. The number of phenolic OH excluding ortho intramolecular Hbond substituents is 1. The second-order valence-electron chi connectivity index (χ2n) is 4.07. The van der Waals surface area contributed by atoms with Crippen LogP contribution in [0.1, 0.15) is 0 Å². The number of anilines is 1. The molecule has 4 N–H and O–H groups in total. The van der Waals surface area contributed by atoms with Crippen molar-refractivity contribution in [2.75, 3.05) is 5.32 Å². The summed E-state index contributed by atoms with van der Waals surface area (Å²) in [6.07, 6.45) is 1.63. The summed E-state index contributed by atoms with van der Waals surface area (Å²) in [5.74, 6) is 0.316. The zero-order chi connectivity index (χ0) is 14.1. The van der Waals surface area contributed by atoms with E-state index in [2.05, 4.69) is 15.3 Å². The lowest BCUT2D eigenvalue weighted by molar-refractivity contribution is 0.474. The van der Waals surface area contributed by atoms with Crippen LogP contribution in [0.15, 0.2) is 40.9 Å². The largest absolute Gasteiger partial charge is 0.507 e. The quantitative estimate of drug-likeness (QED) is 0.621. The molecule has 3 rings (SSSR count). The zero-order valence-corrected chi connectivity index (χ0v) is 11.0. The predicted octanol–water partition coefficient (Wildman–Crippen LogP) is 2.25. The van der Waals surface area contributed by atoms with Crippen LogP contribution in [0.2, 0.25) is 0 Å². The molecular formula is C13H10N4O2S. The van der Waals surface area contributed by atoms with Crippen LogP contribution < -0.4 is 11.1 Å². The van der Waals surface area contributed by atoms with Gasteiger partial charge in [0.05, 0.1) is 5.56 Å². The van der Waals surface area contributed by atoms with Gasteiger partial charge in [-0.1, -0.05) is 0 Å². The number of thiocarbonyl (C=S) groups is 1. The molecule has 0 bridgehead atoms. The number of rotatable bonds is 2. The highest BCUT2D eigenvalue weighted by Crippen LogP contribution is 2.32. The van der Waals surface area contributed by atoms with Crippen molar-refractivity contribution in [3.63, 3.8) is 0 Å². The molecule has 2 heterocycles. The number of benzene rings is 1. The highest BCUT2D eigenvalue weighted by molar-refractivity contribution is 7.80. The van der Waals surface area contributed by atoms with E-state index in [1.165, 1.54) is 6.07 Å². The lowest BCUT2D eigenvalue weighted by Gasteiger charge is -2.06. The molecular weight excluding hydrogens is 276 g/mol. The Balaban J connectivity index is 2.03. The summed E-state index contributed by atoms with van der Waals surface area (Å²) in [5, 5.41) is 12.9. The SMILES string of the molecule is NC(=S)Nc1ccc(-c2nc3ncccc3o2)c(O)c1. The summed E-state index contributed by atoms with van der Waals surface area (Å²) in [6, 6.07) is 8.40. The van der Waals surface area contributed by atoms with Crippen LogP contribution in [0, 0.1) is 0 Å². The minimum absolute atomic E-state index is 0.0119. The highest BCUT2D eigenvalue weighted by Gasteiger charge is 2.13. The number of aromatic nitrogens is 2. The Bertz CT molecular complexity index is 767. The second kappa shape index (κ2) is 4.78. The van der Waals surface area contributed by atoms with Crippen LogP contribution >= 0.6 is 12.2 Å². The Morgan fingerprint density at radius 2 is 2.20 bits per heavy atom. The van der Waals surface area contributed by atoms with E-state index in [4.69, 9.17) is 22.4 Å². The van der Waals surface area contributed by atoms with Crippen LogP contribution in [-0.4, -0.2) is 20.2 Å². The average molecular weight is 286 g/mol. The van der Waals surface area contributed by atoms with Gasteiger partial charge in [-0.2, -0.15) is 4.98 Å². The number of hydrogen-bond acceptors (Lipinski definition) is 5. The smallest absolute Gasteiger partial charge is 0.232 e. The van der Waals surface area contributed by atoms with Crippen molar-refractivity contribution in [1.29, 1.82) is 0 Å². The Kier molecular flexibility index (Phi) is 2.96. The van der Waals surface area contributed by atoms with Crippen LogP contribution in [0.5, 0.6) is 5.75 Å². The van der Waals surface area contributed by atoms with Gasteiger partial charge in [0.15, 0.2) is 16.3 Å². The standard InChI is InChI=1S/C13H10N4O2S/c14-13(20)16-7-3-4-8(9(18)6-7)12-17-11-10(19-12)2-1-5-15-11/h1-6,18H,(H3,14,16,20). The Morgan fingerprint density at radius 3 is 2.90 bits per heavy atom. The molecule has 20 heavy (non-hydrogen) atoms. The number of pyridine rings is 1. The number of nitrogens with one attached hydrogen (secondary N) is 1. The van der Waals surface area contributed by atoms with Crippen molar-refractivity contribution < 1.29 is 9.52 Å². The molecule has 0 unspecified atom stereocenters. The van der Waals surface area contributed by atoms with Crippen LogP contribution in [-0.2, 0) is 0 Å². The Labute approximate surface area is 119 Å². The fourth-order valence-corrected chi connectivity index (χ4v) is 1.93. The number of nitrogens with two attached hydrogens (primary N) is 1. The molecule has 1 aromatic carbocycles. The summed E-state index contributed by atoms with van der Waals surface area (Å²) < 4.78 is 5.55. The number of aromatic hydroxyl groups is 1. The molecule has 7 heteroatoms. The maximum absolute atomic E-state index is 10.0. The number of oxazole rings is 1. The first-order chi connectivity index (χ1) is 9.63. The molecule has 0 atom stereocenters. The summed E-state index contributed by atoms with van der Waals surface area (Å²) in [4.78, 5) is 8.31. The fraction of sp³-hybridized carbons (Fsp3) is 0. The van der Waals surface area contributed by atoms with Gasteiger partial charge in [0.1, 0.15) is 5.75 Å². The fourth-order valence-electron chi connectivity index (χ4n) is 1.82. The van der Waals surface area contributed by atoms with Gasteiger partial charge in [0.25, 0.3) is 0 Å². The van der Waals surface area contributed by atoms with Crippen molar-refractivity contribution >= 4 is 34.2 Å². The average Bonchev–Trinajstić information content (AvgIpc) is 2.81. The number of fused-ring (bicyclic) bond motifs is 1. The normalized spacial score (nSPS) is 10.6. The van der Waals surface area contributed by atoms with E-state index in [1.54, 1.807) is 30.5 Å². The maximum atomic E-state index is 10.0. The van der Waals surface area contributed by atoms with E-state index in [0.717, 1.165) is 0 Å². The molecule has 0 fully saturated rings. The van der Waals surface area contributed by atoms with Gasteiger partial charge < -0.3 is 20.6 Å². The molecule has 6 nitrogen and oxygen atoms in total. The van der Waals surface area contributed by atoms with E-state index < -0.39 is 0 Å². The van der Waals surface area contributed by atoms with E-state index in [0.29, 0.717) is 28.4 Å². The van der Waals surface area contributed by atoms with Crippen molar-refractivity contribution in [2.24, 2.45) is 5.73 Å². The topological polar surface area (TPSA) is 97.2 Å². The zero-order valence-electron chi connectivity index (χ0n) is 10.2. The molecule has 0 saturated carbocycles. The first-order valence-electron chi connectivity index (χ1n) is 5.75. The lowest BCUT2D eigenvalue weighted by Crippen LogP contribution is -2.18. The lowest BCUT2D eigenvalue weighted by atomic mass is 10.2. The van der Waals surface area contributed by atoms with Crippen molar-refractivity contribution in [3.8, 4) is 17.2 Å². The Hall–Kier alpha value is -2.67. The van der Waals surface area contributed by atoms with Crippen molar-refractivity contribution in [2.45, 2.75) is 0 Å². The van der Waals surface area contributed by atoms with Gasteiger partial charge >= 0.3 is 0 Å². The molecule has 3 aromatic rings. The van der Waals surface area contributed by atoms with Gasteiger partial charge in [0.2, 0.25) is 5.89 Å². The van der Waals surface area contributed by atoms with Gasteiger partial charge in [-0.05, 0) is 36.5 Å². The highest BCUT2D eigenvalue weighted by atomic mass is 32.1. The predicted molar refractivity (Wildman–Crippen MR) is 79.3 cm³/mol. The minimum Gasteiger partial charge on any atom is -0.507 e. The number of hydrogen-bond donors (Lipinski definition) is 3. The number of nitrogens with zero attached hydrogens (tertiary/aromatic N) is 2. The second-order valence-corrected chi connectivity index (χ2v) is 4.51. The molecule has 0 aliphatic rings. The molecule has 0 spiro atoms. The minimum atomic E-state index is 0.0119. The van der Waals surface area contributed by atoms with Crippen LogP contribution in [0.3, 0.4) is 0 Å². The molecule has 100 valence electrons. The third kappa shape index (κ3) is 2.26. The molecule has 0 amide bonds. The van der Waals surface area contributed by atoms with Crippen LogP contribution in [0.25, 0.3) is 22.7 Å². The first kappa shape index (κ1) is 12.4. The summed E-state index contributed by atoms with van der Waals surface area (Å²) in [7, 11) is 0. The summed E-state index contributed by atoms with van der Waals surface area (Å²) in [5.41, 5.74) is 7.49. The molecule has 2 aromatic heterocycles. The van der Waals surface area contributed by atoms with Gasteiger partial charge in [-0.15, -0.1) is 0 Å². The van der Waals surface area contributed by atoms with E-state index in [1.807, 2.05) is 0 Å². The first-order valence-corrected chi connectivity index (χ1v) is 6.16. The van der Waals surface area contributed by atoms with Gasteiger partial charge in [-0.3, -0.25) is 0 Å². The van der Waals surface area contributed by atoms with E-state index in [9.17, 15) is 5.11 Å². The number of phenols is 1. The molecule has 0 aliphatic heterocycles. The van der Waals surface area contributed by atoms with Crippen molar-refractivity contribution in [1.82, 2.24) is 9.97 Å². The maximum Gasteiger partial charge on any atom is 0.232 e. The molecule has 0 saturated heterocycles. The molecule has 0 aliphatic carbocycles.